The van der Waals surface area contributed by atoms with Gasteiger partial charge >= 0.3 is 0 Å². The van der Waals surface area contributed by atoms with Crippen molar-refractivity contribution in [3.63, 3.8) is 0 Å². The summed E-state index contributed by atoms with van der Waals surface area (Å²) in [5.74, 6) is -0.284. The number of aromatic hydroxyl groups is 1. The van der Waals surface area contributed by atoms with Crippen LogP contribution in [0.4, 0.5) is 0 Å². The average Bonchev–Trinajstić information content (AvgIpc) is 2.83. The van der Waals surface area contributed by atoms with Crippen molar-refractivity contribution in [2.24, 2.45) is 4.99 Å². The number of carbonyl (C=O) groups is 2. The van der Waals surface area contributed by atoms with Crippen LogP contribution < -0.4 is 10.1 Å². The Hall–Kier alpha value is -2.54. The largest absolute Gasteiger partial charge is 0.504 e. The van der Waals surface area contributed by atoms with Gasteiger partial charge in [-0.25, -0.2) is 0 Å². The molecule has 0 saturated heterocycles. The maximum atomic E-state index is 11.9. The Labute approximate surface area is 144 Å². The molecule has 2 rings (SSSR count). The number of thioether (sulfide) groups is 1. The Kier molecular flexibility index (Phi) is 5.81. The molecule has 0 atom stereocenters. The molecule has 1 heterocycles. The third kappa shape index (κ3) is 4.26. The molecule has 2 amide bonds. The van der Waals surface area contributed by atoms with Crippen molar-refractivity contribution in [1.29, 1.82) is 0 Å². The molecule has 1 aromatic carbocycles. The molecule has 7 heteroatoms. The Morgan fingerprint density at radius 3 is 2.88 bits per heavy atom. The Bertz CT molecular complexity index is 753. The number of phenolic OH excluding ortho intramolecular Hbond substituents is 1. The van der Waals surface area contributed by atoms with Crippen LogP contribution in [-0.4, -0.2) is 28.7 Å². The number of hydrogen-bond donors (Lipinski definition) is 2. The molecule has 0 bridgehead atoms. The highest BCUT2D eigenvalue weighted by atomic mass is 32.2. The van der Waals surface area contributed by atoms with E-state index < -0.39 is 5.91 Å². The number of aliphatic imine (C=N–C) groups is 1. The minimum atomic E-state index is -0.417. The summed E-state index contributed by atoms with van der Waals surface area (Å²) in [6.45, 7) is 7.25. The van der Waals surface area contributed by atoms with Crippen LogP contribution in [0, 0.1) is 0 Å². The van der Waals surface area contributed by atoms with Gasteiger partial charge in [0.15, 0.2) is 16.7 Å². The number of rotatable bonds is 5. The minimum Gasteiger partial charge on any atom is -0.504 e. The van der Waals surface area contributed by atoms with Gasteiger partial charge in [0.25, 0.3) is 5.91 Å². The third-order valence-corrected chi connectivity index (χ3v) is 3.94. The van der Waals surface area contributed by atoms with E-state index in [1.807, 2.05) is 6.92 Å². The van der Waals surface area contributed by atoms with Gasteiger partial charge in [-0.05, 0) is 48.9 Å². The normalized spacial score (nSPS) is 15.3. The van der Waals surface area contributed by atoms with Gasteiger partial charge in [0.1, 0.15) is 0 Å². The maximum Gasteiger partial charge on any atom is 0.286 e. The van der Waals surface area contributed by atoms with Gasteiger partial charge < -0.3 is 15.2 Å². The van der Waals surface area contributed by atoms with E-state index in [-0.39, 0.29) is 16.8 Å². The molecule has 0 aliphatic carbocycles. The number of nitrogens with one attached hydrogen (secondary N) is 1. The lowest BCUT2D eigenvalue weighted by molar-refractivity contribution is -0.117. The molecule has 0 saturated carbocycles. The number of benzene rings is 1. The number of phenols is 1. The topological polar surface area (TPSA) is 88.0 Å². The molecular weight excluding hydrogens is 328 g/mol. The Morgan fingerprint density at radius 1 is 1.50 bits per heavy atom. The second-order valence-electron chi connectivity index (χ2n) is 4.97. The van der Waals surface area contributed by atoms with E-state index in [0.29, 0.717) is 34.8 Å². The number of carbonyl (C=O) groups excluding carboxylic acids is 2. The van der Waals surface area contributed by atoms with E-state index in [0.717, 1.165) is 11.8 Å². The molecule has 0 spiro atoms. The summed E-state index contributed by atoms with van der Waals surface area (Å²) in [7, 11) is 0. The van der Waals surface area contributed by atoms with E-state index in [1.165, 1.54) is 6.92 Å². The number of amides is 2. The average molecular weight is 346 g/mol. The fourth-order valence-electron chi connectivity index (χ4n) is 2.11. The van der Waals surface area contributed by atoms with Gasteiger partial charge in [-0.2, -0.15) is 4.99 Å². The Balaban J connectivity index is 2.33. The first-order valence-electron chi connectivity index (χ1n) is 7.34. The van der Waals surface area contributed by atoms with Crippen LogP contribution in [0.25, 0.3) is 6.08 Å². The zero-order chi connectivity index (χ0) is 17.7. The highest BCUT2D eigenvalue weighted by Crippen LogP contribution is 2.35. The quantitative estimate of drug-likeness (QED) is 0.632. The van der Waals surface area contributed by atoms with Crippen LogP contribution in [0.15, 0.2) is 34.7 Å². The fourth-order valence-corrected chi connectivity index (χ4v) is 2.97. The summed E-state index contributed by atoms with van der Waals surface area (Å²) >= 11 is 1.09. The molecule has 126 valence electrons. The molecular formula is C17H18N2O4S. The summed E-state index contributed by atoms with van der Waals surface area (Å²) in [6.07, 6.45) is 3.80. The lowest BCUT2D eigenvalue weighted by atomic mass is 10.1. The maximum absolute atomic E-state index is 11.9. The lowest BCUT2D eigenvalue weighted by Crippen LogP contribution is -2.23. The predicted octanol–water partition coefficient (Wildman–Crippen LogP) is 2.63. The van der Waals surface area contributed by atoms with Crippen LogP contribution in [-0.2, 0) is 16.0 Å². The molecule has 2 N–H and O–H groups in total. The van der Waals surface area contributed by atoms with Crippen molar-refractivity contribution in [1.82, 2.24) is 5.32 Å². The third-order valence-electron chi connectivity index (χ3n) is 3.04. The van der Waals surface area contributed by atoms with E-state index in [9.17, 15) is 14.7 Å². The van der Waals surface area contributed by atoms with Crippen molar-refractivity contribution < 1.29 is 19.4 Å². The van der Waals surface area contributed by atoms with E-state index in [2.05, 4.69) is 16.9 Å². The fraction of sp³-hybridized carbons (Fsp3) is 0.235. The van der Waals surface area contributed by atoms with Crippen LogP contribution in [0.5, 0.6) is 11.5 Å². The lowest BCUT2D eigenvalue weighted by Gasteiger charge is -2.11. The number of hydrogen-bond acceptors (Lipinski definition) is 5. The van der Waals surface area contributed by atoms with E-state index in [4.69, 9.17) is 4.74 Å². The summed E-state index contributed by atoms with van der Waals surface area (Å²) in [5, 5.41) is 12.9. The molecule has 1 aliphatic heterocycles. The first kappa shape index (κ1) is 17.8. The van der Waals surface area contributed by atoms with Crippen LogP contribution in [0.1, 0.15) is 25.0 Å². The first-order valence-corrected chi connectivity index (χ1v) is 8.16. The van der Waals surface area contributed by atoms with Gasteiger partial charge in [-0.15, -0.1) is 6.58 Å². The molecule has 1 aromatic rings. The van der Waals surface area contributed by atoms with Crippen molar-refractivity contribution in [3.8, 4) is 11.5 Å². The number of allylic oxidation sites excluding steroid dienone is 1. The molecule has 0 fully saturated rings. The Morgan fingerprint density at radius 2 is 2.25 bits per heavy atom. The molecule has 0 aromatic heterocycles. The van der Waals surface area contributed by atoms with Crippen LogP contribution in [0.2, 0.25) is 0 Å². The highest BCUT2D eigenvalue weighted by Gasteiger charge is 2.23. The molecule has 0 radical (unpaired) electrons. The summed E-state index contributed by atoms with van der Waals surface area (Å²) in [6, 6.07) is 3.42. The summed E-state index contributed by atoms with van der Waals surface area (Å²) < 4.78 is 5.44. The van der Waals surface area contributed by atoms with Gasteiger partial charge in [0, 0.05) is 12.5 Å². The summed E-state index contributed by atoms with van der Waals surface area (Å²) in [5.41, 5.74) is 1.35. The van der Waals surface area contributed by atoms with Crippen LogP contribution in [0.3, 0.4) is 0 Å². The number of nitrogens with zero attached hydrogens (tertiary/aromatic N) is 1. The van der Waals surface area contributed by atoms with Crippen molar-refractivity contribution >= 4 is 34.8 Å². The van der Waals surface area contributed by atoms with E-state index >= 15 is 0 Å². The number of amidine groups is 1. The monoisotopic (exact) mass is 346 g/mol. The zero-order valence-corrected chi connectivity index (χ0v) is 14.3. The van der Waals surface area contributed by atoms with Gasteiger partial charge in [0.05, 0.1) is 11.5 Å². The smallest absolute Gasteiger partial charge is 0.286 e. The van der Waals surface area contributed by atoms with Gasteiger partial charge in [0.2, 0.25) is 5.91 Å². The van der Waals surface area contributed by atoms with Crippen molar-refractivity contribution in [3.05, 3.63) is 40.8 Å². The standard InChI is InChI=1S/C17H18N2O4S/c1-4-6-12-7-11(8-13(15(12)21)23-5-2)9-14-16(22)19-17(24-14)18-10(3)20/h4,7-9,21H,1,5-6H2,2-3H3,(H,18,19,20,22). The summed E-state index contributed by atoms with van der Waals surface area (Å²) in [4.78, 5) is 27.2. The second kappa shape index (κ2) is 7.83. The van der Waals surface area contributed by atoms with E-state index in [1.54, 1.807) is 24.3 Å². The second-order valence-corrected chi connectivity index (χ2v) is 6.00. The first-order chi connectivity index (χ1) is 11.4. The SMILES string of the molecule is C=CCc1cc(C=C2SC(NC(C)=O)=NC2=O)cc(OCC)c1O. The van der Waals surface area contributed by atoms with Gasteiger partial charge in [-0.1, -0.05) is 6.08 Å². The number of ether oxygens (including phenoxy) is 1. The van der Waals surface area contributed by atoms with Crippen molar-refractivity contribution in [2.75, 3.05) is 6.61 Å². The minimum absolute atomic E-state index is 0.0690. The molecule has 24 heavy (non-hydrogen) atoms. The zero-order valence-electron chi connectivity index (χ0n) is 13.5. The molecule has 0 unspecified atom stereocenters. The highest BCUT2D eigenvalue weighted by molar-refractivity contribution is 8.18. The molecule has 6 nitrogen and oxygen atoms in total. The molecule has 1 aliphatic rings. The van der Waals surface area contributed by atoms with Gasteiger partial charge in [-0.3, -0.25) is 9.59 Å². The predicted molar refractivity (Wildman–Crippen MR) is 95.0 cm³/mol. The van der Waals surface area contributed by atoms with Crippen LogP contribution >= 0.6 is 11.8 Å². The van der Waals surface area contributed by atoms with Crippen molar-refractivity contribution in [2.45, 2.75) is 20.3 Å².